The lowest BCUT2D eigenvalue weighted by molar-refractivity contribution is -0.131. The third-order valence-electron chi connectivity index (χ3n) is 12.2. The second-order valence-electron chi connectivity index (χ2n) is 16.8. The molecule has 71 heavy (non-hydrogen) atoms. The van der Waals surface area contributed by atoms with E-state index in [2.05, 4.69) is 50.1 Å². The number of halogens is 1. The Morgan fingerprint density at radius 1 is 0.620 bits per heavy atom. The topological polar surface area (TPSA) is 222 Å². The Kier molecular flexibility index (Phi) is 16.7. The molecule has 2 aliphatic heterocycles. The van der Waals surface area contributed by atoms with Crippen molar-refractivity contribution in [2.75, 3.05) is 92.9 Å². The number of benzene rings is 4. The summed E-state index contributed by atoms with van der Waals surface area (Å²) in [7, 11) is 3.21. The summed E-state index contributed by atoms with van der Waals surface area (Å²) in [6.45, 7) is 13.0. The number of nitrogens with one attached hydrogen (secondary N) is 2. The molecule has 0 bridgehead atoms. The van der Waals surface area contributed by atoms with Crippen molar-refractivity contribution < 1.29 is 38.4 Å². The van der Waals surface area contributed by atoms with Gasteiger partial charge in [0.05, 0.1) is 67.3 Å². The van der Waals surface area contributed by atoms with Crippen LogP contribution in [0.25, 0.3) is 43.6 Å². The molecule has 3 N–H and O–H groups in total. The fourth-order valence-electron chi connectivity index (χ4n) is 8.24. The highest BCUT2D eigenvalue weighted by molar-refractivity contribution is 6.34. The van der Waals surface area contributed by atoms with Crippen molar-refractivity contribution in [3.05, 3.63) is 90.9 Å². The standard InChI is InChI=1S/C25H28N6O4.C18H23ClN4O3.C7H6N2O/c1-17(32)31-9-7-30(8-10-31)6-3-11-34-24-14-22-20(13-23(24)33-2)25(27-16-26-22)35-19-4-5-21-18(12-19)15-28-29-21;1-13(24)23-7-5-22(6-8-23)4-3-9-26-17-11-15-14(10-16(17)25-2)18(19)21-12-20-15;10-6-1-2-7-5(3-6)4-8-9-7/h4-5,12-16H,3,6-11H2,1-2H3,(H,28,29);10-12H,3-9H2,1-2H3;1-4,10H,(H,8,9). The number of rotatable bonds is 14. The van der Waals surface area contributed by atoms with Crippen molar-refractivity contribution in [1.29, 1.82) is 0 Å². The first-order chi connectivity index (χ1) is 34.5. The monoisotopic (exact) mass is 988 g/mol. The van der Waals surface area contributed by atoms with Crippen molar-refractivity contribution >= 4 is 67.0 Å². The van der Waals surface area contributed by atoms with E-state index in [1.807, 2.05) is 46.2 Å². The number of methoxy groups -OCH3 is 2. The van der Waals surface area contributed by atoms with Gasteiger partial charge in [-0.2, -0.15) is 10.2 Å². The fraction of sp³-hybridized carbons (Fsp3) is 0.360. The molecule has 0 spiro atoms. The summed E-state index contributed by atoms with van der Waals surface area (Å²) in [4.78, 5) is 48.3. The Morgan fingerprint density at radius 2 is 1.13 bits per heavy atom. The second kappa shape index (κ2) is 23.8. The maximum Gasteiger partial charge on any atom is 0.230 e. The molecule has 21 heteroatoms. The first-order valence-electron chi connectivity index (χ1n) is 23.3. The number of aromatic amines is 2. The second-order valence-corrected chi connectivity index (χ2v) is 17.2. The van der Waals surface area contributed by atoms with Crippen LogP contribution < -0.4 is 23.7 Å². The van der Waals surface area contributed by atoms with Crippen molar-refractivity contribution in [3.63, 3.8) is 0 Å². The van der Waals surface area contributed by atoms with Crippen molar-refractivity contribution in [2.24, 2.45) is 0 Å². The van der Waals surface area contributed by atoms with E-state index in [4.69, 9.17) is 40.4 Å². The van der Waals surface area contributed by atoms with Crippen LogP contribution in [-0.4, -0.2) is 170 Å². The molecule has 2 amide bonds. The molecule has 0 atom stereocenters. The van der Waals surface area contributed by atoms with E-state index in [1.54, 1.807) is 64.7 Å². The highest BCUT2D eigenvalue weighted by Gasteiger charge is 2.20. The molecule has 2 aliphatic rings. The number of hydrogen-bond acceptors (Lipinski definition) is 16. The van der Waals surface area contributed by atoms with Gasteiger partial charge in [0, 0.05) is 108 Å². The average Bonchev–Trinajstić information content (AvgIpc) is 4.06. The Labute approximate surface area is 414 Å². The highest BCUT2D eigenvalue weighted by atomic mass is 35.5. The van der Waals surface area contributed by atoms with Crippen molar-refractivity contribution in [1.82, 2.24) is 59.9 Å². The lowest BCUT2D eigenvalue weighted by atomic mass is 10.2. The van der Waals surface area contributed by atoms with Gasteiger partial charge in [0.15, 0.2) is 23.0 Å². The quantitative estimate of drug-likeness (QED) is 0.0759. The summed E-state index contributed by atoms with van der Waals surface area (Å²) >= 11 is 6.10. The van der Waals surface area contributed by atoms with E-state index < -0.39 is 0 Å². The summed E-state index contributed by atoms with van der Waals surface area (Å²) in [5.41, 5.74) is 3.31. The normalized spacial score (nSPS) is 14.2. The SMILES string of the molecule is COc1cc2c(Cl)ncnc2cc1OCCCN1CCN(C(C)=O)CC1.COc1cc2c(Oc3ccc4[nH]ncc4c3)ncnc2cc1OCCCN1CCN(C(C)=O)CC1.Oc1ccc2[nH]ncc2c1. The molecule has 2 saturated heterocycles. The maximum absolute atomic E-state index is 11.5. The molecule has 8 aromatic rings. The molecule has 0 saturated carbocycles. The smallest absolute Gasteiger partial charge is 0.230 e. The number of hydrogen-bond donors (Lipinski definition) is 3. The van der Waals surface area contributed by atoms with Gasteiger partial charge in [-0.3, -0.25) is 29.6 Å². The van der Waals surface area contributed by atoms with Gasteiger partial charge in [0.1, 0.15) is 29.3 Å². The van der Waals surface area contributed by atoms with E-state index in [0.717, 1.165) is 116 Å². The van der Waals surface area contributed by atoms with Gasteiger partial charge in [-0.1, -0.05) is 11.6 Å². The average molecular weight is 990 g/mol. The lowest BCUT2D eigenvalue weighted by Gasteiger charge is -2.34. The van der Waals surface area contributed by atoms with Crippen LogP contribution in [-0.2, 0) is 9.59 Å². The number of aromatic nitrogens is 8. The number of nitrogens with zero attached hydrogens (tertiary/aromatic N) is 10. The predicted molar refractivity (Wildman–Crippen MR) is 269 cm³/mol. The molecule has 0 aliphatic carbocycles. The van der Waals surface area contributed by atoms with Gasteiger partial charge < -0.3 is 38.6 Å². The number of ether oxygens (including phenoxy) is 5. The van der Waals surface area contributed by atoms with Crippen LogP contribution in [0.2, 0.25) is 5.15 Å². The van der Waals surface area contributed by atoms with Gasteiger partial charge in [0.25, 0.3) is 0 Å². The molecule has 0 radical (unpaired) electrons. The van der Waals surface area contributed by atoms with Gasteiger partial charge >= 0.3 is 0 Å². The molecule has 20 nitrogen and oxygen atoms in total. The zero-order valence-electron chi connectivity index (χ0n) is 40.1. The summed E-state index contributed by atoms with van der Waals surface area (Å²) in [6.07, 6.45) is 8.10. The zero-order valence-corrected chi connectivity index (χ0v) is 40.9. The van der Waals surface area contributed by atoms with E-state index in [9.17, 15) is 9.59 Å². The molecule has 4 aromatic carbocycles. The third-order valence-corrected chi connectivity index (χ3v) is 12.5. The number of carbonyl (C=O) groups excluding carboxylic acids is 2. The van der Waals surface area contributed by atoms with Gasteiger partial charge in [0.2, 0.25) is 17.7 Å². The summed E-state index contributed by atoms with van der Waals surface area (Å²) in [6, 6.07) is 18.1. The Morgan fingerprint density at radius 3 is 1.68 bits per heavy atom. The number of piperazine rings is 2. The minimum Gasteiger partial charge on any atom is -0.508 e. The number of amides is 2. The van der Waals surface area contributed by atoms with E-state index in [1.165, 1.54) is 12.7 Å². The van der Waals surface area contributed by atoms with Crippen LogP contribution in [0.3, 0.4) is 0 Å². The molecular weight excluding hydrogens is 932 g/mol. The summed E-state index contributed by atoms with van der Waals surface area (Å²) < 4.78 is 29.0. The number of H-pyrrole nitrogens is 2. The molecule has 6 heterocycles. The van der Waals surface area contributed by atoms with Crippen molar-refractivity contribution in [2.45, 2.75) is 26.7 Å². The zero-order chi connectivity index (χ0) is 49.7. The van der Waals surface area contributed by atoms with Crippen LogP contribution in [0.1, 0.15) is 26.7 Å². The first-order valence-corrected chi connectivity index (χ1v) is 23.7. The maximum atomic E-state index is 11.5. The van der Waals surface area contributed by atoms with Crippen LogP contribution in [0.5, 0.6) is 40.4 Å². The largest absolute Gasteiger partial charge is 0.508 e. The predicted octanol–water partition coefficient (Wildman–Crippen LogP) is 6.73. The number of phenols is 1. The molecule has 372 valence electrons. The first kappa shape index (κ1) is 49.9. The Balaban J connectivity index is 0.000000163. The lowest BCUT2D eigenvalue weighted by Crippen LogP contribution is -2.48. The summed E-state index contributed by atoms with van der Waals surface area (Å²) in [5, 5.41) is 26.3. The summed E-state index contributed by atoms with van der Waals surface area (Å²) in [5.74, 6) is 4.15. The van der Waals surface area contributed by atoms with E-state index in [0.29, 0.717) is 58.5 Å². The molecule has 4 aromatic heterocycles. The number of phenolic OH excluding ortho intramolecular Hbond substituents is 1. The van der Waals surface area contributed by atoms with Crippen molar-refractivity contribution in [3.8, 4) is 40.4 Å². The minimum absolute atomic E-state index is 0.146. The Bertz CT molecular complexity index is 3060. The van der Waals surface area contributed by atoms with Gasteiger partial charge in [-0.15, -0.1) is 0 Å². The van der Waals surface area contributed by atoms with Crippen LogP contribution in [0, 0.1) is 0 Å². The third kappa shape index (κ3) is 13.0. The number of fused-ring (bicyclic) bond motifs is 4. The molecular formula is C50H57ClN12O8. The van der Waals surface area contributed by atoms with E-state index in [-0.39, 0.29) is 17.6 Å². The highest BCUT2D eigenvalue weighted by Crippen LogP contribution is 2.37. The fourth-order valence-corrected chi connectivity index (χ4v) is 8.43. The van der Waals surface area contributed by atoms with Crippen LogP contribution >= 0.6 is 11.6 Å². The van der Waals surface area contributed by atoms with Crippen LogP contribution in [0.4, 0.5) is 0 Å². The van der Waals surface area contributed by atoms with Gasteiger partial charge in [-0.05, 0) is 61.4 Å². The molecule has 0 unspecified atom stereocenters. The number of carbonyl (C=O) groups is 2. The minimum atomic E-state index is 0.146. The van der Waals surface area contributed by atoms with E-state index >= 15 is 0 Å². The molecule has 2 fully saturated rings. The Hall–Kier alpha value is -7.55. The van der Waals surface area contributed by atoms with Crippen LogP contribution in [0.15, 0.2) is 85.7 Å². The number of aromatic hydroxyl groups is 1. The molecule has 10 rings (SSSR count). The van der Waals surface area contributed by atoms with Gasteiger partial charge in [-0.25, -0.2) is 19.9 Å².